The van der Waals surface area contributed by atoms with Crippen LogP contribution in [0.3, 0.4) is 0 Å². The minimum absolute atomic E-state index is 0.000598. The summed E-state index contributed by atoms with van der Waals surface area (Å²) in [7, 11) is 0. The molecule has 1 amide bonds. The van der Waals surface area contributed by atoms with Crippen LogP contribution in [0.15, 0.2) is 48.5 Å². The van der Waals surface area contributed by atoms with E-state index in [-0.39, 0.29) is 5.75 Å². The lowest BCUT2D eigenvalue weighted by Gasteiger charge is -2.18. The summed E-state index contributed by atoms with van der Waals surface area (Å²) in [5.74, 6) is -1.17. The number of hydrogen-bond donors (Lipinski definition) is 3. The Morgan fingerprint density at radius 1 is 1.15 bits per heavy atom. The second-order valence-corrected chi connectivity index (χ2v) is 6.16. The molecule has 0 aromatic heterocycles. The van der Waals surface area contributed by atoms with Crippen LogP contribution in [0.1, 0.15) is 30.1 Å². The number of nitrogens with one attached hydrogen (secondary N) is 1. The number of ether oxygens (including phenoxy) is 1. The molecule has 0 saturated heterocycles. The Kier molecular flexibility index (Phi) is 7.53. The fraction of sp³-hybridized carbons (Fsp3) is 0.300. The van der Waals surface area contributed by atoms with Gasteiger partial charge in [-0.05, 0) is 23.6 Å². The van der Waals surface area contributed by atoms with Gasteiger partial charge in [-0.15, -0.1) is 0 Å². The molecular formula is C20H23NO4S. The Morgan fingerprint density at radius 3 is 2.50 bits per heavy atom. The molecule has 0 unspecified atom stereocenters. The molecular weight excluding hydrogens is 350 g/mol. The Balaban J connectivity index is 2.44. The van der Waals surface area contributed by atoms with Crippen molar-refractivity contribution < 1.29 is 19.4 Å². The van der Waals surface area contributed by atoms with Crippen molar-refractivity contribution in [1.82, 2.24) is 5.32 Å². The van der Waals surface area contributed by atoms with E-state index in [4.69, 9.17) is 4.74 Å². The number of amides is 1. The first-order valence-electron chi connectivity index (χ1n) is 8.54. The van der Waals surface area contributed by atoms with Crippen molar-refractivity contribution in [2.75, 3.05) is 12.4 Å². The molecule has 0 spiro atoms. The molecule has 6 heteroatoms. The third-order valence-corrected chi connectivity index (χ3v) is 4.24. The first kappa shape index (κ1) is 19.8. The molecule has 0 aliphatic heterocycles. The van der Waals surface area contributed by atoms with Crippen LogP contribution < -0.4 is 10.1 Å². The molecule has 1 atom stereocenters. The quantitative estimate of drug-likeness (QED) is 0.463. The average Bonchev–Trinajstić information content (AvgIpc) is 2.66. The van der Waals surface area contributed by atoms with Crippen LogP contribution in [0.5, 0.6) is 5.75 Å². The van der Waals surface area contributed by atoms with E-state index in [1.54, 1.807) is 6.07 Å². The Bertz CT molecular complexity index is 749. The monoisotopic (exact) mass is 373 g/mol. The molecule has 0 radical (unpaired) electrons. The zero-order valence-corrected chi connectivity index (χ0v) is 15.5. The van der Waals surface area contributed by atoms with Gasteiger partial charge in [0.1, 0.15) is 11.8 Å². The number of thiol groups is 1. The van der Waals surface area contributed by atoms with Crippen molar-refractivity contribution in [1.29, 1.82) is 0 Å². The van der Waals surface area contributed by atoms with Gasteiger partial charge in [0, 0.05) is 5.75 Å². The fourth-order valence-electron chi connectivity index (χ4n) is 2.49. The average molecular weight is 373 g/mol. The van der Waals surface area contributed by atoms with Crippen LogP contribution in [0, 0.1) is 0 Å². The number of carboxylic acid groups (broad SMARTS) is 1. The van der Waals surface area contributed by atoms with E-state index >= 15 is 0 Å². The van der Waals surface area contributed by atoms with Crippen molar-refractivity contribution in [3.05, 3.63) is 54.1 Å². The maximum absolute atomic E-state index is 12.9. The van der Waals surface area contributed by atoms with Crippen molar-refractivity contribution in [3.63, 3.8) is 0 Å². The number of carbonyl (C=O) groups is 2. The lowest BCUT2D eigenvalue weighted by atomic mass is 9.98. The van der Waals surface area contributed by atoms with Gasteiger partial charge in [0.15, 0.2) is 0 Å². The van der Waals surface area contributed by atoms with E-state index in [0.29, 0.717) is 23.5 Å². The predicted octanol–water partition coefficient (Wildman–Crippen LogP) is 3.65. The van der Waals surface area contributed by atoms with Crippen LogP contribution in [0.25, 0.3) is 11.1 Å². The van der Waals surface area contributed by atoms with E-state index in [2.05, 4.69) is 24.9 Å². The number of carboxylic acids is 1. The maximum Gasteiger partial charge on any atom is 0.327 e. The minimum atomic E-state index is -1.13. The highest BCUT2D eigenvalue weighted by molar-refractivity contribution is 7.80. The summed E-state index contributed by atoms with van der Waals surface area (Å²) in [5, 5.41) is 11.7. The lowest BCUT2D eigenvalue weighted by Crippen LogP contribution is -2.42. The first-order valence-corrected chi connectivity index (χ1v) is 9.17. The van der Waals surface area contributed by atoms with Crippen LogP contribution in [0.4, 0.5) is 0 Å². The van der Waals surface area contributed by atoms with Crippen molar-refractivity contribution in [3.8, 4) is 16.9 Å². The third kappa shape index (κ3) is 5.02. The molecule has 5 nitrogen and oxygen atoms in total. The molecule has 2 rings (SSSR count). The zero-order valence-electron chi connectivity index (χ0n) is 14.6. The lowest BCUT2D eigenvalue weighted by molar-refractivity contribution is -0.138. The number of unbranched alkanes of at least 4 members (excludes halogenated alkanes) is 1. The van der Waals surface area contributed by atoms with Crippen LogP contribution >= 0.6 is 12.6 Å². The van der Waals surface area contributed by atoms with Gasteiger partial charge in [-0.3, -0.25) is 4.79 Å². The molecule has 138 valence electrons. The topological polar surface area (TPSA) is 75.6 Å². The fourth-order valence-corrected chi connectivity index (χ4v) is 2.73. The Morgan fingerprint density at radius 2 is 1.88 bits per heavy atom. The maximum atomic E-state index is 12.9. The highest BCUT2D eigenvalue weighted by atomic mass is 32.1. The van der Waals surface area contributed by atoms with Gasteiger partial charge in [0.05, 0.1) is 12.2 Å². The summed E-state index contributed by atoms with van der Waals surface area (Å²) < 4.78 is 5.81. The molecule has 0 bridgehead atoms. The summed E-state index contributed by atoms with van der Waals surface area (Å²) in [6.45, 7) is 2.55. The summed E-state index contributed by atoms with van der Waals surface area (Å²) in [5.41, 5.74) is 1.89. The normalized spacial score (nSPS) is 11.6. The van der Waals surface area contributed by atoms with Gasteiger partial charge >= 0.3 is 5.97 Å². The van der Waals surface area contributed by atoms with Gasteiger partial charge in [0.25, 0.3) is 5.91 Å². The van der Waals surface area contributed by atoms with Gasteiger partial charge in [-0.1, -0.05) is 55.8 Å². The molecule has 0 fully saturated rings. The summed E-state index contributed by atoms with van der Waals surface area (Å²) >= 11 is 4.01. The van der Waals surface area contributed by atoms with E-state index in [0.717, 1.165) is 18.4 Å². The van der Waals surface area contributed by atoms with E-state index < -0.39 is 17.9 Å². The predicted molar refractivity (Wildman–Crippen MR) is 105 cm³/mol. The van der Waals surface area contributed by atoms with E-state index in [1.807, 2.05) is 42.5 Å². The van der Waals surface area contributed by atoms with Gasteiger partial charge in [-0.2, -0.15) is 12.6 Å². The van der Waals surface area contributed by atoms with Crippen molar-refractivity contribution >= 4 is 24.5 Å². The zero-order chi connectivity index (χ0) is 18.9. The minimum Gasteiger partial charge on any atom is -0.493 e. The third-order valence-electron chi connectivity index (χ3n) is 3.88. The van der Waals surface area contributed by atoms with E-state index in [9.17, 15) is 14.7 Å². The summed E-state index contributed by atoms with van der Waals surface area (Å²) in [4.78, 5) is 24.1. The standard InChI is InChI=1S/C20H23NO4S/c1-2-3-12-25-17-11-7-10-15(14-8-5-4-6-9-14)18(17)19(22)21-16(13-26)20(23)24/h4-11,16,26H,2-3,12-13H2,1H3,(H,21,22)(H,23,24)/t16-/m0/s1. The number of carbonyl (C=O) groups excluding carboxylic acids is 1. The van der Waals surface area contributed by atoms with E-state index in [1.165, 1.54) is 0 Å². The van der Waals surface area contributed by atoms with Crippen LogP contribution in [-0.2, 0) is 4.79 Å². The van der Waals surface area contributed by atoms with Crippen molar-refractivity contribution in [2.45, 2.75) is 25.8 Å². The Hall–Kier alpha value is -2.47. The van der Waals surface area contributed by atoms with Crippen molar-refractivity contribution in [2.24, 2.45) is 0 Å². The number of benzene rings is 2. The second-order valence-electron chi connectivity index (χ2n) is 5.79. The highest BCUT2D eigenvalue weighted by Crippen LogP contribution is 2.31. The SMILES string of the molecule is CCCCOc1cccc(-c2ccccc2)c1C(=O)N[C@@H](CS)C(=O)O. The molecule has 2 aromatic carbocycles. The number of rotatable bonds is 9. The van der Waals surface area contributed by atoms with Gasteiger partial charge in [-0.25, -0.2) is 4.79 Å². The molecule has 2 aromatic rings. The molecule has 0 aliphatic carbocycles. The first-order chi connectivity index (χ1) is 12.6. The summed E-state index contributed by atoms with van der Waals surface area (Å²) in [6, 6.07) is 13.8. The summed E-state index contributed by atoms with van der Waals surface area (Å²) in [6.07, 6.45) is 1.84. The molecule has 0 aliphatic rings. The Labute approximate surface area is 158 Å². The highest BCUT2D eigenvalue weighted by Gasteiger charge is 2.24. The smallest absolute Gasteiger partial charge is 0.327 e. The van der Waals surface area contributed by atoms with Crippen LogP contribution in [0.2, 0.25) is 0 Å². The molecule has 2 N–H and O–H groups in total. The number of hydrogen-bond acceptors (Lipinski definition) is 4. The number of aliphatic carboxylic acids is 1. The molecule has 0 saturated carbocycles. The second kappa shape index (κ2) is 9.87. The largest absolute Gasteiger partial charge is 0.493 e. The van der Waals surface area contributed by atoms with Crippen LogP contribution in [-0.4, -0.2) is 35.4 Å². The van der Waals surface area contributed by atoms with Gasteiger partial charge < -0.3 is 15.2 Å². The van der Waals surface area contributed by atoms with Gasteiger partial charge in [0.2, 0.25) is 0 Å². The molecule has 0 heterocycles. The molecule has 26 heavy (non-hydrogen) atoms.